The first-order valence-corrected chi connectivity index (χ1v) is 18.3. The summed E-state index contributed by atoms with van der Waals surface area (Å²) in [6.07, 6.45) is 13.2. The molecule has 12 atom stereocenters. The Bertz CT molecular complexity index is 1260. The smallest absolute Gasteiger partial charge is 0.229 e. The lowest BCUT2D eigenvalue weighted by atomic mass is 9.44. The van der Waals surface area contributed by atoms with Gasteiger partial charge in [0.05, 0.1) is 6.10 Å². The van der Waals surface area contributed by atoms with Crippen LogP contribution in [0.25, 0.3) is 0 Å². The Morgan fingerprint density at radius 2 is 1.71 bits per heavy atom. The lowest BCUT2D eigenvalue weighted by molar-refractivity contribution is -0.137. The van der Waals surface area contributed by atoms with Gasteiger partial charge in [-0.25, -0.2) is 0 Å². The van der Waals surface area contributed by atoms with Crippen molar-refractivity contribution in [2.24, 2.45) is 52.3 Å². The van der Waals surface area contributed by atoms with E-state index in [9.17, 15) is 14.7 Å². The summed E-state index contributed by atoms with van der Waals surface area (Å²) in [5, 5.41) is 19.5. The highest BCUT2D eigenvalue weighted by Gasteiger charge is 2.68. The molecule has 2 amide bonds. The molecule has 0 aromatic heterocycles. The van der Waals surface area contributed by atoms with Crippen LogP contribution in [0.15, 0.2) is 24.3 Å². The summed E-state index contributed by atoms with van der Waals surface area (Å²) in [6.45, 7) is 11.7. The molecular weight excluding hydrogens is 562 g/mol. The zero-order valence-electron chi connectivity index (χ0n) is 28.1. The van der Waals surface area contributed by atoms with Crippen LogP contribution in [0, 0.1) is 52.3 Å². The van der Waals surface area contributed by atoms with E-state index >= 15 is 0 Å². The SMILES string of the molecule is C[C@@H]1CC[C@@]2(NC1)O[C@H]1C[C@H]3[C@@H]4CC[C@@H]5C[C@H](NC(=O)CC(=O)NCCc6ccc(O)cc6)CC[C@]5(C)[C@H]4CC[C@]3(C)[C@H]1[C@@H]2C. The molecule has 2 saturated heterocycles. The van der Waals surface area contributed by atoms with Gasteiger partial charge in [-0.2, -0.15) is 0 Å². The standard InChI is InChI=1S/C38H57N3O4/c1-23-11-17-38(40-22-23)24(2)35-32(45-38)20-31-29-10-7-26-19-27(12-15-36(26,3)30(29)13-16-37(31,35)4)41-34(44)21-33(43)39-18-14-25-5-8-28(42)9-6-25/h5-6,8-9,23-24,26-27,29-32,35,40,42H,7,10-22H2,1-4H3,(H,39,43)(H,41,44)/t23-,24+,26-,27-,29-,30+,31+,32+,35+,36+,37+,38-/m1/s1. The Morgan fingerprint density at radius 1 is 0.933 bits per heavy atom. The predicted molar refractivity (Wildman–Crippen MR) is 175 cm³/mol. The molecule has 2 aliphatic heterocycles. The first-order valence-electron chi connectivity index (χ1n) is 18.3. The van der Waals surface area contributed by atoms with E-state index in [1.54, 1.807) is 12.1 Å². The summed E-state index contributed by atoms with van der Waals surface area (Å²) in [5.41, 5.74) is 1.69. The summed E-state index contributed by atoms with van der Waals surface area (Å²) in [4.78, 5) is 25.3. The van der Waals surface area contributed by atoms with Crippen LogP contribution in [-0.2, 0) is 20.7 Å². The van der Waals surface area contributed by atoms with Gasteiger partial charge in [-0.3, -0.25) is 14.9 Å². The fraction of sp³-hybridized carbons (Fsp3) is 0.789. The van der Waals surface area contributed by atoms with Crippen molar-refractivity contribution in [1.82, 2.24) is 16.0 Å². The Hall–Kier alpha value is -2.12. The second kappa shape index (κ2) is 11.8. The number of amides is 2. The fourth-order valence-corrected chi connectivity index (χ4v) is 12.1. The van der Waals surface area contributed by atoms with Gasteiger partial charge in [-0.15, -0.1) is 0 Å². The maximum absolute atomic E-state index is 12.9. The van der Waals surface area contributed by atoms with Gasteiger partial charge in [-0.1, -0.05) is 39.8 Å². The second-order valence-corrected chi connectivity index (χ2v) is 16.8. The number of nitrogens with one attached hydrogen (secondary N) is 3. The van der Waals surface area contributed by atoms with Crippen molar-refractivity contribution in [3.8, 4) is 5.75 Å². The van der Waals surface area contributed by atoms with Crippen molar-refractivity contribution in [1.29, 1.82) is 0 Å². The third-order valence-electron chi connectivity index (χ3n) is 14.5. The third kappa shape index (κ3) is 5.52. The number of carbonyl (C=O) groups excluding carboxylic acids is 2. The number of ether oxygens (including phenoxy) is 1. The molecule has 7 rings (SSSR count). The molecule has 6 fully saturated rings. The minimum Gasteiger partial charge on any atom is -0.508 e. The molecule has 4 aliphatic carbocycles. The number of phenols is 1. The van der Waals surface area contributed by atoms with Crippen LogP contribution < -0.4 is 16.0 Å². The van der Waals surface area contributed by atoms with Gasteiger partial charge in [-0.05, 0) is 135 Å². The Kier molecular flexibility index (Phi) is 8.28. The molecule has 1 aromatic carbocycles. The predicted octanol–water partition coefficient (Wildman–Crippen LogP) is 5.95. The summed E-state index contributed by atoms with van der Waals surface area (Å²) in [6, 6.07) is 7.17. The lowest BCUT2D eigenvalue weighted by Crippen LogP contribution is -2.58. The number of carbonyl (C=O) groups is 2. The van der Waals surface area contributed by atoms with E-state index in [2.05, 4.69) is 43.6 Å². The van der Waals surface area contributed by atoms with Crippen molar-refractivity contribution >= 4 is 11.8 Å². The third-order valence-corrected chi connectivity index (χ3v) is 14.5. The zero-order chi connectivity index (χ0) is 31.6. The van der Waals surface area contributed by atoms with Crippen molar-refractivity contribution in [3.05, 3.63) is 29.8 Å². The van der Waals surface area contributed by atoms with Crippen LogP contribution in [-0.4, -0.2) is 47.9 Å². The van der Waals surface area contributed by atoms with Crippen molar-refractivity contribution in [2.75, 3.05) is 13.1 Å². The van der Waals surface area contributed by atoms with E-state index in [-0.39, 0.29) is 35.8 Å². The van der Waals surface area contributed by atoms with Gasteiger partial charge < -0.3 is 20.5 Å². The molecule has 7 heteroatoms. The molecule has 45 heavy (non-hydrogen) atoms. The van der Waals surface area contributed by atoms with E-state index < -0.39 is 0 Å². The van der Waals surface area contributed by atoms with E-state index in [1.165, 1.54) is 44.9 Å². The first-order chi connectivity index (χ1) is 21.5. The lowest BCUT2D eigenvalue weighted by Gasteiger charge is -2.61. The van der Waals surface area contributed by atoms with E-state index in [4.69, 9.17) is 4.74 Å². The Labute approximate surface area is 270 Å². The van der Waals surface area contributed by atoms with Crippen LogP contribution in [0.4, 0.5) is 0 Å². The summed E-state index contributed by atoms with van der Waals surface area (Å²) < 4.78 is 7.08. The molecule has 7 nitrogen and oxygen atoms in total. The van der Waals surface area contributed by atoms with Crippen LogP contribution in [0.2, 0.25) is 0 Å². The average molecular weight is 620 g/mol. The monoisotopic (exact) mass is 619 g/mol. The molecule has 248 valence electrons. The van der Waals surface area contributed by atoms with Crippen LogP contribution in [0.3, 0.4) is 0 Å². The molecule has 4 saturated carbocycles. The van der Waals surface area contributed by atoms with Crippen molar-refractivity contribution < 1.29 is 19.4 Å². The van der Waals surface area contributed by atoms with Gasteiger partial charge in [0.25, 0.3) is 0 Å². The second-order valence-electron chi connectivity index (χ2n) is 16.8. The molecule has 1 spiro atoms. The van der Waals surface area contributed by atoms with E-state index in [1.807, 2.05) is 12.1 Å². The van der Waals surface area contributed by atoms with Gasteiger partial charge >= 0.3 is 0 Å². The maximum Gasteiger partial charge on any atom is 0.229 e. The van der Waals surface area contributed by atoms with Crippen molar-refractivity contribution in [2.45, 2.75) is 123 Å². The molecule has 0 radical (unpaired) electrons. The quantitative estimate of drug-likeness (QED) is 0.295. The number of benzene rings is 1. The van der Waals surface area contributed by atoms with Crippen LogP contribution >= 0.6 is 0 Å². The fourth-order valence-electron chi connectivity index (χ4n) is 12.1. The van der Waals surface area contributed by atoms with Crippen LogP contribution in [0.1, 0.15) is 104 Å². The number of aromatic hydroxyl groups is 1. The highest BCUT2D eigenvalue weighted by atomic mass is 16.5. The summed E-state index contributed by atoms with van der Waals surface area (Å²) in [5.74, 6) is 4.86. The number of fused-ring (bicyclic) bond motifs is 7. The average Bonchev–Trinajstić information content (AvgIpc) is 3.45. The minimum atomic E-state index is -0.225. The number of piperidine rings is 1. The minimum absolute atomic E-state index is 0.0897. The van der Waals surface area contributed by atoms with Crippen LogP contribution in [0.5, 0.6) is 5.75 Å². The van der Waals surface area contributed by atoms with Crippen molar-refractivity contribution in [3.63, 3.8) is 0 Å². The first kappa shape index (κ1) is 31.5. The topological polar surface area (TPSA) is 99.7 Å². The molecule has 1 aromatic rings. The molecule has 0 bridgehead atoms. The van der Waals surface area contributed by atoms with E-state index in [0.29, 0.717) is 47.7 Å². The number of hydrogen-bond acceptors (Lipinski definition) is 5. The Balaban J connectivity index is 0.919. The number of rotatable bonds is 6. The van der Waals surface area contributed by atoms with Gasteiger partial charge in [0.15, 0.2) is 0 Å². The molecule has 4 N–H and O–H groups in total. The molecule has 6 aliphatic rings. The highest BCUT2D eigenvalue weighted by Crippen LogP contribution is 2.71. The number of phenolic OH excluding ortho intramolecular Hbond substituents is 1. The van der Waals surface area contributed by atoms with E-state index in [0.717, 1.165) is 55.0 Å². The molecule has 2 heterocycles. The molecular formula is C38H57N3O4. The normalized spacial score (nSPS) is 45.2. The zero-order valence-corrected chi connectivity index (χ0v) is 28.1. The van der Waals surface area contributed by atoms with Gasteiger partial charge in [0.2, 0.25) is 11.8 Å². The van der Waals surface area contributed by atoms with Gasteiger partial charge in [0, 0.05) is 25.0 Å². The Morgan fingerprint density at radius 3 is 2.47 bits per heavy atom. The maximum atomic E-state index is 12.9. The largest absolute Gasteiger partial charge is 0.508 e. The van der Waals surface area contributed by atoms with Gasteiger partial charge in [0.1, 0.15) is 17.9 Å². The number of hydrogen-bond donors (Lipinski definition) is 4. The molecule has 0 unspecified atom stereocenters. The highest BCUT2D eigenvalue weighted by molar-refractivity contribution is 5.96. The summed E-state index contributed by atoms with van der Waals surface area (Å²) in [7, 11) is 0. The summed E-state index contributed by atoms with van der Waals surface area (Å²) >= 11 is 0.